The summed E-state index contributed by atoms with van der Waals surface area (Å²) in [5.74, 6) is 0. The maximum Gasteiger partial charge on any atom is 0.00806 e. The van der Waals surface area contributed by atoms with Crippen LogP contribution in [0.5, 0.6) is 0 Å². The van der Waals surface area contributed by atoms with E-state index in [4.69, 9.17) is 5.73 Å². The quantitative estimate of drug-likeness (QED) is 0.384. The van der Waals surface area contributed by atoms with Gasteiger partial charge < -0.3 is 18.0 Å². The molecule has 0 saturated heterocycles. The molecule has 0 aliphatic carbocycles. The van der Waals surface area contributed by atoms with Gasteiger partial charge in [0, 0.05) is 76.3 Å². The molecular formula is C7H16N2UVW-2. The third-order valence-electron chi connectivity index (χ3n) is 1.07. The van der Waals surface area contributed by atoms with Crippen molar-refractivity contribution in [1.29, 1.82) is 0 Å². The van der Waals surface area contributed by atoms with Crippen LogP contribution in [0.15, 0.2) is 0 Å². The summed E-state index contributed by atoms with van der Waals surface area (Å²) in [5, 5.41) is 4.07. The Morgan fingerprint density at radius 3 is 2.08 bits per heavy atom. The van der Waals surface area contributed by atoms with Crippen molar-refractivity contribution < 1.29 is 70.7 Å². The molecule has 0 aromatic rings. The van der Waals surface area contributed by atoms with Crippen LogP contribution in [-0.2, 0) is 39.6 Å². The van der Waals surface area contributed by atoms with Crippen molar-refractivity contribution in [2.24, 2.45) is 5.73 Å². The fourth-order valence-corrected chi connectivity index (χ4v) is 0.479. The summed E-state index contributed by atoms with van der Waals surface area (Å²) in [6.07, 6.45) is 0.947. The van der Waals surface area contributed by atoms with Gasteiger partial charge in [0.25, 0.3) is 0 Å². The number of nitrogens with two attached hydrogens (primary N) is 1. The topological polar surface area (TPSA) is 40.1 Å². The van der Waals surface area contributed by atoms with Crippen molar-refractivity contribution in [3.05, 3.63) is 12.2 Å². The average Bonchev–Trinajstić information content (AvgIpc) is 1.63. The molecule has 71 valence electrons. The molecule has 0 atom stereocenters. The van der Waals surface area contributed by atoms with Crippen LogP contribution >= 0.6 is 0 Å². The first kappa shape index (κ1) is 23.8. The molecule has 0 saturated carbocycles. The summed E-state index contributed by atoms with van der Waals surface area (Å²) in [6, 6.07) is 0. The average molecular weight is 601 g/mol. The molecule has 0 rings (SSSR count). The molecule has 12 heavy (non-hydrogen) atoms. The summed E-state index contributed by atoms with van der Waals surface area (Å²) in [6.45, 7) is 9.11. The van der Waals surface area contributed by atoms with Crippen molar-refractivity contribution in [3.63, 3.8) is 0 Å². The van der Waals surface area contributed by atoms with Crippen LogP contribution in [-0.4, -0.2) is 18.6 Å². The second-order valence-corrected chi connectivity index (χ2v) is 2.91. The normalized spacial score (nSPS) is 9.00. The van der Waals surface area contributed by atoms with E-state index in [-0.39, 0.29) is 76.3 Å². The summed E-state index contributed by atoms with van der Waals surface area (Å²) >= 11 is 0. The first-order valence-corrected chi connectivity index (χ1v) is 3.27. The fourth-order valence-electron chi connectivity index (χ4n) is 0.479. The van der Waals surface area contributed by atoms with E-state index < -0.39 is 0 Å². The molecule has 0 aromatic heterocycles. The zero-order valence-electron chi connectivity index (χ0n) is 7.71. The van der Waals surface area contributed by atoms with Crippen LogP contribution in [0.25, 0.3) is 5.32 Å². The third-order valence-corrected chi connectivity index (χ3v) is 1.07. The first-order valence-electron chi connectivity index (χ1n) is 3.27. The minimum Gasteiger partial charge on any atom is -0.688 e. The van der Waals surface area contributed by atoms with Gasteiger partial charge in [-0.15, -0.1) is 6.54 Å². The van der Waals surface area contributed by atoms with Gasteiger partial charge in [-0.1, -0.05) is 6.42 Å². The van der Waals surface area contributed by atoms with Gasteiger partial charge in [-0.3, -0.25) is 6.54 Å². The Hall–Kier alpha value is 2.24. The summed E-state index contributed by atoms with van der Waals surface area (Å²) in [5.41, 5.74) is 5.63. The zero-order valence-corrected chi connectivity index (χ0v) is 16.2. The number of hydrogen-bond donors (Lipinski definition) is 1. The smallest absolute Gasteiger partial charge is 0.00806 e. The molecule has 0 unspecified atom stereocenters. The number of hydrogen-bond acceptors (Lipinski definition) is 1. The molecule has 0 aliphatic heterocycles. The minimum absolute atomic E-state index is 0. The van der Waals surface area contributed by atoms with Crippen molar-refractivity contribution >= 4 is 0 Å². The molecular weight excluding hydrogens is 585 g/mol. The fraction of sp³-hybridized carbons (Fsp3) is 0.857. The van der Waals surface area contributed by atoms with E-state index in [9.17, 15) is 0 Å². The van der Waals surface area contributed by atoms with E-state index in [0.29, 0.717) is 6.54 Å². The molecule has 0 aliphatic rings. The van der Waals surface area contributed by atoms with E-state index in [1.165, 1.54) is 0 Å². The molecule has 2 N–H and O–H groups in total. The summed E-state index contributed by atoms with van der Waals surface area (Å²) < 4.78 is 0. The molecule has 1 radical (unpaired) electrons. The number of rotatable bonds is 4. The molecule has 0 heterocycles. The van der Waals surface area contributed by atoms with E-state index in [0.717, 1.165) is 13.0 Å². The van der Waals surface area contributed by atoms with Gasteiger partial charge in [0.05, 0.1) is 0 Å². The van der Waals surface area contributed by atoms with Crippen molar-refractivity contribution in [2.75, 3.05) is 13.1 Å². The molecule has 2 nitrogen and oxygen atoms in total. The van der Waals surface area contributed by atoms with Gasteiger partial charge in [-0.25, -0.2) is 0 Å². The van der Waals surface area contributed by atoms with E-state index in [1.54, 1.807) is 0 Å². The third kappa shape index (κ3) is 22.8. The summed E-state index contributed by atoms with van der Waals surface area (Å²) in [4.78, 5) is 0. The van der Waals surface area contributed by atoms with Crippen molar-refractivity contribution in [2.45, 2.75) is 25.8 Å². The van der Waals surface area contributed by atoms with E-state index >= 15 is 0 Å². The Balaban J connectivity index is -0.000000107. The maximum atomic E-state index is 5.70. The predicted molar refractivity (Wildman–Crippen MR) is 41.3 cm³/mol. The monoisotopic (exact) mass is 601 g/mol. The molecule has 5 heteroatoms. The molecule has 0 spiro atoms. The van der Waals surface area contributed by atoms with Crippen LogP contribution in [0.2, 0.25) is 0 Å². The first-order chi connectivity index (χ1) is 4.06. The summed E-state index contributed by atoms with van der Waals surface area (Å²) in [7, 11) is 0. The molecule has 0 aromatic carbocycles. The van der Waals surface area contributed by atoms with Crippen LogP contribution in [0.3, 0.4) is 0 Å². The minimum atomic E-state index is -0.0708. The second-order valence-electron chi connectivity index (χ2n) is 2.91. The maximum absolute atomic E-state index is 5.70. The van der Waals surface area contributed by atoms with Gasteiger partial charge in [0.2, 0.25) is 0 Å². The SMILES string of the molecule is [CH2-]C[N-]CCC(C)(C)N.[U].[V].[W]. The largest absolute Gasteiger partial charge is 0.688 e. The van der Waals surface area contributed by atoms with Gasteiger partial charge in [-0.2, -0.15) is 0 Å². The van der Waals surface area contributed by atoms with Gasteiger partial charge in [0.1, 0.15) is 0 Å². The van der Waals surface area contributed by atoms with Crippen LogP contribution < -0.4 is 5.73 Å². The zero-order chi connectivity index (χ0) is 7.33. The van der Waals surface area contributed by atoms with E-state index in [2.05, 4.69) is 12.2 Å². The molecule has 0 fully saturated rings. The van der Waals surface area contributed by atoms with Crippen molar-refractivity contribution in [1.82, 2.24) is 0 Å². The Bertz CT molecular complexity index is 78.3. The Morgan fingerprint density at radius 1 is 1.42 bits per heavy atom. The van der Waals surface area contributed by atoms with Crippen LogP contribution in [0, 0.1) is 38.0 Å². The van der Waals surface area contributed by atoms with E-state index in [1.807, 2.05) is 13.8 Å². The standard InChI is InChI=1S/C7H16N2.U.V.W/c1-4-9-6-5-7(2,3)8;;;/h1,4-6,8H2,2-3H3;;;/q-2;;;. The number of nitrogens with zero attached hydrogens (tertiary/aromatic N) is 1. The molecule has 0 amide bonds. The Kier molecular flexibility index (Phi) is 26.3. The van der Waals surface area contributed by atoms with Crippen LogP contribution in [0.4, 0.5) is 0 Å². The Labute approximate surface area is 126 Å². The van der Waals surface area contributed by atoms with Gasteiger partial charge in [-0.05, 0) is 13.8 Å². The predicted octanol–water partition coefficient (Wildman–Crippen LogP) is 1.32. The Morgan fingerprint density at radius 2 is 1.83 bits per heavy atom. The second kappa shape index (κ2) is 13.2. The molecule has 0 bridgehead atoms. The van der Waals surface area contributed by atoms with Gasteiger partial charge >= 0.3 is 0 Å². The van der Waals surface area contributed by atoms with Crippen molar-refractivity contribution in [3.8, 4) is 0 Å². The van der Waals surface area contributed by atoms with Crippen LogP contribution in [0.1, 0.15) is 20.3 Å². The van der Waals surface area contributed by atoms with Gasteiger partial charge in [0.15, 0.2) is 0 Å².